The molecular weight excluding hydrogens is 188 g/mol. The topological polar surface area (TPSA) is 26.3 Å². The molecule has 1 aliphatic heterocycles. The summed E-state index contributed by atoms with van der Waals surface area (Å²) in [6, 6.07) is 0. The van der Waals surface area contributed by atoms with E-state index in [2.05, 4.69) is 19.9 Å². The summed E-state index contributed by atoms with van der Waals surface area (Å²) < 4.78 is 5.03. The van der Waals surface area contributed by atoms with Crippen molar-refractivity contribution in [2.45, 2.75) is 52.9 Å². The highest BCUT2D eigenvalue weighted by Gasteiger charge is 2.39. The van der Waals surface area contributed by atoms with Crippen molar-refractivity contribution in [2.75, 3.05) is 6.61 Å². The minimum atomic E-state index is -0.257. The summed E-state index contributed by atoms with van der Waals surface area (Å²) in [5.74, 6) is -0.0225. The number of carbonyl (C=O) groups excluding carboxylic acids is 1. The van der Waals surface area contributed by atoms with Gasteiger partial charge in [-0.25, -0.2) is 0 Å². The minimum Gasteiger partial charge on any atom is -0.465 e. The van der Waals surface area contributed by atoms with Crippen LogP contribution in [0.15, 0.2) is 11.6 Å². The molecule has 0 spiro atoms. The van der Waals surface area contributed by atoms with Crippen molar-refractivity contribution in [3.8, 4) is 0 Å². The maximum absolute atomic E-state index is 11.5. The lowest BCUT2D eigenvalue weighted by molar-refractivity contribution is -0.145. The zero-order valence-electron chi connectivity index (χ0n) is 10.1. The summed E-state index contributed by atoms with van der Waals surface area (Å²) in [5, 5.41) is 0. The smallest absolute Gasteiger partial charge is 0.312 e. The van der Waals surface area contributed by atoms with E-state index in [9.17, 15) is 4.79 Å². The fourth-order valence-electron chi connectivity index (χ4n) is 2.05. The first-order valence-corrected chi connectivity index (χ1v) is 5.91. The molecule has 1 rings (SSSR count). The summed E-state index contributed by atoms with van der Waals surface area (Å²) in [5.41, 5.74) is 1.07. The Bertz CT molecular complexity index is 255. The van der Waals surface area contributed by atoms with E-state index in [1.807, 2.05) is 6.92 Å². The van der Waals surface area contributed by atoms with Gasteiger partial charge in [0.1, 0.15) is 0 Å². The molecule has 0 aromatic heterocycles. The minimum absolute atomic E-state index is 0.0225. The summed E-state index contributed by atoms with van der Waals surface area (Å²) in [4.78, 5) is 11.5. The highest BCUT2D eigenvalue weighted by Crippen LogP contribution is 2.35. The Labute approximate surface area is 92.7 Å². The third kappa shape index (κ3) is 3.37. The molecule has 0 aliphatic carbocycles. The van der Waals surface area contributed by atoms with Gasteiger partial charge in [0, 0.05) is 0 Å². The molecular formula is C13H22O2. The van der Waals surface area contributed by atoms with E-state index >= 15 is 0 Å². The summed E-state index contributed by atoms with van der Waals surface area (Å²) in [6.07, 6.45) is 7.58. The van der Waals surface area contributed by atoms with Crippen molar-refractivity contribution in [3.63, 3.8) is 0 Å². The van der Waals surface area contributed by atoms with Gasteiger partial charge in [-0.15, -0.1) is 0 Å². The van der Waals surface area contributed by atoms with Gasteiger partial charge < -0.3 is 4.74 Å². The first kappa shape index (κ1) is 12.3. The number of rotatable bonds is 5. The van der Waals surface area contributed by atoms with E-state index in [0.717, 1.165) is 19.3 Å². The number of carbonyl (C=O) groups is 1. The Morgan fingerprint density at radius 3 is 2.87 bits per heavy atom. The van der Waals surface area contributed by atoms with Gasteiger partial charge in [0.05, 0.1) is 12.0 Å². The van der Waals surface area contributed by atoms with Gasteiger partial charge in [-0.1, -0.05) is 31.4 Å². The number of hydrogen-bond donors (Lipinski definition) is 0. The van der Waals surface area contributed by atoms with Crippen LogP contribution in [0.4, 0.5) is 0 Å². The predicted octanol–water partition coefficient (Wildman–Crippen LogP) is 3.47. The number of hydrogen-bond acceptors (Lipinski definition) is 2. The van der Waals surface area contributed by atoms with Crippen LogP contribution in [-0.2, 0) is 9.53 Å². The predicted molar refractivity (Wildman–Crippen MR) is 61.6 cm³/mol. The molecule has 0 radical (unpaired) electrons. The van der Waals surface area contributed by atoms with Crippen LogP contribution in [0, 0.1) is 5.41 Å². The summed E-state index contributed by atoms with van der Waals surface area (Å²) >= 11 is 0. The van der Waals surface area contributed by atoms with Gasteiger partial charge in [-0.3, -0.25) is 4.79 Å². The summed E-state index contributed by atoms with van der Waals surface area (Å²) in [7, 11) is 0. The fourth-order valence-corrected chi connectivity index (χ4v) is 2.05. The lowest BCUT2D eigenvalue weighted by atomic mass is 9.82. The third-order valence-electron chi connectivity index (χ3n) is 3.10. The number of cyclic esters (lactones) is 1. The Morgan fingerprint density at radius 1 is 1.60 bits per heavy atom. The average Bonchev–Trinajstić information content (AvgIpc) is 2.47. The second kappa shape index (κ2) is 5.34. The van der Waals surface area contributed by atoms with Gasteiger partial charge in [0.15, 0.2) is 0 Å². The zero-order valence-corrected chi connectivity index (χ0v) is 10.1. The molecule has 0 aromatic rings. The molecule has 0 unspecified atom stereocenters. The van der Waals surface area contributed by atoms with Gasteiger partial charge in [-0.2, -0.15) is 0 Å². The zero-order chi connectivity index (χ0) is 11.3. The summed E-state index contributed by atoms with van der Waals surface area (Å²) in [6.45, 7) is 6.92. The van der Waals surface area contributed by atoms with E-state index in [0.29, 0.717) is 6.61 Å². The number of ether oxygens (including phenoxy) is 1. The van der Waals surface area contributed by atoms with E-state index in [4.69, 9.17) is 4.74 Å². The van der Waals surface area contributed by atoms with E-state index in [1.165, 1.54) is 18.4 Å². The van der Waals surface area contributed by atoms with Crippen molar-refractivity contribution in [2.24, 2.45) is 5.41 Å². The van der Waals surface area contributed by atoms with Gasteiger partial charge in [-0.05, 0) is 33.1 Å². The molecule has 0 N–H and O–H groups in total. The SMILES string of the molecule is CCCC/C=C(\C)C[C@]1(C)CCOC1=O. The molecule has 15 heavy (non-hydrogen) atoms. The second-order valence-electron chi connectivity index (χ2n) is 4.82. The van der Waals surface area contributed by atoms with Crippen LogP contribution in [0.2, 0.25) is 0 Å². The Hall–Kier alpha value is -0.790. The Kier molecular flexibility index (Phi) is 4.37. The number of esters is 1. The molecule has 2 nitrogen and oxygen atoms in total. The van der Waals surface area contributed by atoms with Gasteiger partial charge >= 0.3 is 5.97 Å². The number of allylic oxidation sites excluding steroid dienone is 2. The normalized spacial score (nSPS) is 26.9. The van der Waals surface area contributed by atoms with Crippen LogP contribution in [0.25, 0.3) is 0 Å². The quantitative estimate of drug-likeness (QED) is 0.394. The monoisotopic (exact) mass is 210 g/mol. The molecule has 1 saturated heterocycles. The Balaban J connectivity index is 2.46. The highest BCUT2D eigenvalue weighted by atomic mass is 16.5. The highest BCUT2D eigenvalue weighted by molar-refractivity contribution is 5.78. The van der Waals surface area contributed by atoms with Crippen LogP contribution in [0.5, 0.6) is 0 Å². The molecule has 0 aromatic carbocycles. The average molecular weight is 210 g/mol. The molecule has 2 heteroatoms. The van der Waals surface area contributed by atoms with Crippen molar-refractivity contribution < 1.29 is 9.53 Å². The molecule has 1 atom stereocenters. The van der Waals surface area contributed by atoms with Crippen LogP contribution in [0.3, 0.4) is 0 Å². The second-order valence-corrected chi connectivity index (χ2v) is 4.82. The lowest BCUT2D eigenvalue weighted by Gasteiger charge is -2.18. The Morgan fingerprint density at radius 2 is 2.33 bits per heavy atom. The molecule has 86 valence electrons. The van der Waals surface area contributed by atoms with E-state index in [1.54, 1.807) is 0 Å². The van der Waals surface area contributed by atoms with Crippen LogP contribution >= 0.6 is 0 Å². The van der Waals surface area contributed by atoms with E-state index < -0.39 is 0 Å². The maximum Gasteiger partial charge on any atom is 0.312 e. The molecule has 1 heterocycles. The molecule has 0 amide bonds. The molecule has 1 aliphatic rings. The third-order valence-corrected chi connectivity index (χ3v) is 3.10. The standard InChI is InChI=1S/C13H22O2/c1-4-5-6-7-11(2)10-13(3)8-9-15-12(13)14/h7H,4-6,8-10H2,1-3H3/b11-7+/t13-/m0/s1. The van der Waals surface area contributed by atoms with Crippen molar-refractivity contribution in [1.29, 1.82) is 0 Å². The van der Waals surface area contributed by atoms with Crippen molar-refractivity contribution in [3.05, 3.63) is 11.6 Å². The van der Waals surface area contributed by atoms with Gasteiger partial charge in [0.25, 0.3) is 0 Å². The molecule has 0 saturated carbocycles. The van der Waals surface area contributed by atoms with Crippen molar-refractivity contribution >= 4 is 5.97 Å². The lowest BCUT2D eigenvalue weighted by Crippen LogP contribution is -2.22. The van der Waals surface area contributed by atoms with Crippen LogP contribution in [0.1, 0.15) is 52.9 Å². The van der Waals surface area contributed by atoms with Crippen molar-refractivity contribution in [1.82, 2.24) is 0 Å². The van der Waals surface area contributed by atoms with Gasteiger partial charge in [0.2, 0.25) is 0 Å². The number of unbranched alkanes of at least 4 members (excludes halogenated alkanes) is 2. The first-order valence-electron chi connectivity index (χ1n) is 5.91. The first-order chi connectivity index (χ1) is 7.08. The van der Waals surface area contributed by atoms with Crippen LogP contribution < -0.4 is 0 Å². The fraction of sp³-hybridized carbons (Fsp3) is 0.769. The van der Waals surface area contributed by atoms with E-state index in [-0.39, 0.29) is 11.4 Å². The maximum atomic E-state index is 11.5. The largest absolute Gasteiger partial charge is 0.465 e. The molecule has 0 bridgehead atoms. The van der Waals surface area contributed by atoms with Crippen LogP contribution in [-0.4, -0.2) is 12.6 Å². The molecule has 1 fully saturated rings.